The zero-order chi connectivity index (χ0) is 19.9. The highest BCUT2D eigenvalue weighted by atomic mass is 32.1. The van der Waals surface area contributed by atoms with Crippen LogP contribution in [0.25, 0.3) is 10.9 Å². The number of aliphatic hydroxyl groups is 1. The lowest BCUT2D eigenvalue weighted by Gasteiger charge is -2.25. The Kier molecular flexibility index (Phi) is 6.79. The first-order valence-electron chi connectivity index (χ1n) is 9.37. The lowest BCUT2D eigenvalue weighted by atomic mass is 10.1. The number of aliphatic hydroxyl groups excluding tert-OH is 1. The largest absolute Gasteiger partial charge is 0.396 e. The molecule has 0 radical (unpaired) electrons. The molecule has 0 bridgehead atoms. The molecule has 28 heavy (non-hydrogen) atoms. The molecule has 1 aromatic heterocycles. The Labute approximate surface area is 170 Å². The lowest BCUT2D eigenvalue weighted by Crippen LogP contribution is -2.40. The summed E-state index contributed by atoms with van der Waals surface area (Å²) in [5, 5.41) is 14.1. The molecule has 0 saturated carbocycles. The van der Waals surface area contributed by atoms with E-state index >= 15 is 0 Å². The number of fused-ring (bicyclic) bond motifs is 1. The molecule has 1 heterocycles. The fourth-order valence-electron chi connectivity index (χ4n) is 3.09. The van der Waals surface area contributed by atoms with E-state index < -0.39 is 0 Å². The van der Waals surface area contributed by atoms with Crippen LogP contribution in [0, 0.1) is 6.92 Å². The Hall–Kier alpha value is -2.70. The van der Waals surface area contributed by atoms with Crippen LogP contribution in [0.15, 0.2) is 59.4 Å². The summed E-state index contributed by atoms with van der Waals surface area (Å²) in [4.78, 5) is 17.4. The number of nitrogens with one attached hydrogen (secondary N) is 2. The number of benzene rings is 2. The maximum absolute atomic E-state index is 12.5. The number of thiocarbonyl (C=S) groups is 1. The van der Waals surface area contributed by atoms with Gasteiger partial charge in [0.25, 0.3) is 5.56 Å². The quantitative estimate of drug-likeness (QED) is 0.537. The van der Waals surface area contributed by atoms with Gasteiger partial charge < -0.3 is 20.3 Å². The van der Waals surface area contributed by atoms with Crippen LogP contribution >= 0.6 is 12.2 Å². The molecule has 146 valence electrons. The van der Waals surface area contributed by atoms with Gasteiger partial charge in [-0.05, 0) is 54.7 Å². The van der Waals surface area contributed by atoms with E-state index in [1.54, 1.807) is 0 Å². The van der Waals surface area contributed by atoms with Gasteiger partial charge in [-0.3, -0.25) is 4.79 Å². The van der Waals surface area contributed by atoms with Gasteiger partial charge in [0.05, 0.1) is 6.54 Å². The third-order valence-corrected chi connectivity index (χ3v) is 5.00. The minimum Gasteiger partial charge on any atom is -0.396 e. The maximum atomic E-state index is 12.5. The third kappa shape index (κ3) is 5.18. The summed E-state index contributed by atoms with van der Waals surface area (Å²) < 4.78 is 0. The van der Waals surface area contributed by atoms with Crippen molar-refractivity contribution in [1.29, 1.82) is 0 Å². The average molecular weight is 396 g/mol. The SMILES string of the molecule is Cc1ccc2[nH]c(=O)c(CN(CCCO)C(=S)NCc3ccccc3)cc2c1. The van der Waals surface area contributed by atoms with E-state index in [1.165, 1.54) is 0 Å². The number of hydrogen-bond acceptors (Lipinski definition) is 3. The Balaban J connectivity index is 1.77. The van der Waals surface area contributed by atoms with Gasteiger partial charge in [0.2, 0.25) is 0 Å². The summed E-state index contributed by atoms with van der Waals surface area (Å²) >= 11 is 5.57. The van der Waals surface area contributed by atoms with E-state index in [0.717, 1.165) is 22.0 Å². The standard InChI is InChI=1S/C22H25N3O2S/c1-16-8-9-20-18(12-16)13-19(21(27)24-20)15-25(10-5-11-26)22(28)23-14-17-6-3-2-4-7-17/h2-4,6-9,12-13,26H,5,10-11,14-15H2,1H3,(H,23,28)(H,24,27). The Morgan fingerprint density at radius 2 is 1.96 bits per heavy atom. The van der Waals surface area contributed by atoms with E-state index in [1.807, 2.05) is 60.4 Å². The third-order valence-electron chi connectivity index (χ3n) is 4.60. The van der Waals surface area contributed by atoms with E-state index in [4.69, 9.17) is 12.2 Å². The molecule has 3 N–H and O–H groups in total. The van der Waals surface area contributed by atoms with Crippen molar-refractivity contribution in [3.8, 4) is 0 Å². The number of rotatable bonds is 7. The van der Waals surface area contributed by atoms with Crippen LogP contribution in [0.2, 0.25) is 0 Å². The summed E-state index contributed by atoms with van der Waals surface area (Å²) in [6.07, 6.45) is 0.581. The molecule has 0 fully saturated rings. The minimum absolute atomic E-state index is 0.0745. The molecule has 0 aliphatic rings. The molecular weight excluding hydrogens is 370 g/mol. The van der Waals surface area contributed by atoms with E-state index in [2.05, 4.69) is 16.4 Å². The second kappa shape index (κ2) is 9.48. The highest BCUT2D eigenvalue weighted by Gasteiger charge is 2.13. The van der Waals surface area contributed by atoms with Crippen molar-refractivity contribution in [1.82, 2.24) is 15.2 Å². The van der Waals surface area contributed by atoms with Crippen molar-refractivity contribution in [3.05, 3.63) is 81.6 Å². The molecule has 5 nitrogen and oxygen atoms in total. The molecular formula is C22H25N3O2S. The predicted molar refractivity (Wildman–Crippen MR) is 117 cm³/mol. The maximum Gasteiger partial charge on any atom is 0.253 e. The number of aryl methyl sites for hydroxylation is 1. The molecule has 2 aromatic carbocycles. The number of pyridine rings is 1. The van der Waals surface area contributed by atoms with Crippen LogP contribution in [-0.4, -0.2) is 33.3 Å². The molecule has 3 aromatic rings. The van der Waals surface area contributed by atoms with Gasteiger partial charge in [0, 0.05) is 30.8 Å². The second-order valence-corrected chi connectivity index (χ2v) is 7.24. The first kappa shape index (κ1) is 20.0. The monoisotopic (exact) mass is 395 g/mol. The first-order chi connectivity index (χ1) is 13.6. The zero-order valence-corrected chi connectivity index (χ0v) is 16.8. The molecule has 0 aliphatic heterocycles. The van der Waals surface area contributed by atoms with Gasteiger partial charge in [0.1, 0.15) is 0 Å². The molecule has 0 aliphatic carbocycles. The number of nitrogens with zero attached hydrogens (tertiary/aromatic N) is 1. The first-order valence-corrected chi connectivity index (χ1v) is 9.78. The molecule has 6 heteroatoms. The zero-order valence-electron chi connectivity index (χ0n) is 15.9. The van der Waals surface area contributed by atoms with Crippen molar-refractivity contribution >= 4 is 28.2 Å². The molecule has 0 unspecified atom stereocenters. The highest BCUT2D eigenvalue weighted by molar-refractivity contribution is 7.80. The Morgan fingerprint density at radius 1 is 1.18 bits per heavy atom. The van der Waals surface area contributed by atoms with Gasteiger partial charge in [-0.2, -0.15) is 0 Å². The molecule has 3 rings (SSSR count). The average Bonchev–Trinajstić information content (AvgIpc) is 2.70. The smallest absolute Gasteiger partial charge is 0.253 e. The van der Waals surface area contributed by atoms with E-state index in [-0.39, 0.29) is 12.2 Å². The van der Waals surface area contributed by atoms with Crippen LogP contribution in [0.4, 0.5) is 0 Å². The fraction of sp³-hybridized carbons (Fsp3) is 0.273. The fourth-order valence-corrected chi connectivity index (χ4v) is 3.32. The van der Waals surface area contributed by atoms with Crippen LogP contribution < -0.4 is 10.9 Å². The van der Waals surface area contributed by atoms with Crippen molar-refractivity contribution in [2.24, 2.45) is 0 Å². The number of hydrogen-bond donors (Lipinski definition) is 3. The number of aromatic nitrogens is 1. The van der Waals surface area contributed by atoms with Gasteiger partial charge in [-0.25, -0.2) is 0 Å². The van der Waals surface area contributed by atoms with Crippen molar-refractivity contribution < 1.29 is 5.11 Å². The van der Waals surface area contributed by atoms with Crippen molar-refractivity contribution in [2.75, 3.05) is 13.2 Å². The summed E-state index contributed by atoms with van der Waals surface area (Å²) in [7, 11) is 0. The summed E-state index contributed by atoms with van der Waals surface area (Å²) in [5.41, 5.74) is 3.64. The van der Waals surface area contributed by atoms with Crippen molar-refractivity contribution in [3.63, 3.8) is 0 Å². The summed E-state index contributed by atoms with van der Waals surface area (Å²) in [6, 6.07) is 17.9. The second-order valence-electron chi connectivity index (χ2n) is 6.86. The Bertz CT molecular complexity index is 1000. The molecule has 0 spiro atoms. The molecule has 0 saturated heterocycles. The molecule has 0 amide bonds. The highest BCUT2D eigenvalue weighted by Crippen LogP contribution is 2.14. The van der Waals surface area contributed by atoms with Crippen LogP contribution in [0.3, 0.4) is 0 Å². The number of aromatic amines is 1. The van der Waals surface area contributed by atoms with E-state index in [9.17, 15) is 9.90 Å². The van der Waals surface area contributed by atoms with E-state index in [0.29, 0.717) is 36.7 Å². The van der Waals surface area contributed by atoms with Gasteiger partial charge in [-0.15, -0.1) is 0 Å². The Morgan fingerprint density at radius 3 is 2.71 bits per heavy atom. The van der Waals surface area contributed by atoms with Crippen LogP contribution in [-0.2, 0) is 13.1 Å². The lowest BCUT2D eigenvalue weighted by molar-refractivity contribution is 0.264. The van der Waals surface area contributed by atoms with Gasteiger partial charge in [0.15, 0.2) is 5.11 Å². The summed E-state index contributed by atoms with van der Waals surface area (Å²) in [6.45, 7) is 3.68. The van der Waals surface area contributed by atoms with Crippen LogP contribution in [0.5, 0.6) is 0 Å². The topological polar surface area (TPSA) is 68.4 Å². The molecule has 0 atom stereocenters. The van der Waals surface area contributed by atoms with Crippen LogP contribution in [0.1, 0.15) is 23.1 Å². The van der Waals surface area contributed by atoms with Crippen molar-refractivity contribution in [2.45, 2.75) is 26.4 Å². The normalized spacial score (nSPS) is 10.8. The predicted octanol–water partition coefficient (Wildman–Crippen LogP) is 3.10. The minimum atomic E-state index is -0.115. The summed E-state index contributed by atoms with van der Waals surface area (Å²) in [5.74, 6) is 0. The van der Waals surface area contributed by atoms with Gasteiger partial charge in [-0.1, -0.05) is 42.0 Å². The van der Waals surface area contributed by atoms with Gasteiger partial charge >= 0.3 is 0 Å². The number of H-pyrrole nitrogens is 1.